The maximum absolute atomic E-state index is 5.66. The van der Waals surface area contributed by atoms with Gasteiger partial charge in [0.15, 0.2) is 0 Å². The summed E-state index contributed by atoms with van der Waals surface area (Å²) in [5, 5.41) is 0. The first-order valence-corrected chi connectivity index (χ1v) is 5.66. The molecule has 84 valence electrons. The zero-order valence-electron chi connectivity index (χ0n) is 8.87. The van der Waals surface area contributed by atoms with E-state index in [4.69, 9.17) is 14.9 Å². The minimum absolute atomic E-state index is 0.440. The number of rotatable bonds is 3. The lowest BCUT2D eigenvalue weighted by atomic mass is 10.1. The standard InChI is InChI=1S/C12H12BrNO2/c1-15-11-3-2-8(6-9(11)7-14)12-10(13)4-5-16-12/h2-6H,7,14H2,1H3. The first-order valence-electron chi connectivity index (χ1n) is 4.86. The third kappa shape index (κ3) is 1.99. The topological polar surface area (TPSA) is 48.4 Å². The average Bonchev–Trinajstić information content (AvgIpc) is 2.74. The van der Waals surface area contributed by atoms with Crippen LogP contribution in [0.4, 0.5) is 0 Å². The molecule has 2 rings (SSSR count). The number of hydrogen-bond donors (Lipinski definition) is 1. The Morgan fingerprint density at radius 1 is 1.38 bits per heavy atom. The molecular weight excluding hydrogens is 270 g/mol. The van der Waals surface area contributed by atoms with Crippen LogP contribution in [0.3, 0.4) is 0 Å². The Morgan fingerprint density at radius 2 is 2.19 bits per heavy atom. The van der Waals surface area contributed by atoms with Gasteiger partial charge in [0.1, 0.15) is 11.5 Å². The second kappa shape index (κ2) is 4.72. The molecule has 4 heteroatoms. The Bertz CT molecular complexity index is 494. The number of halogens is 1. The van der Waals surface area contributed by atoms with Gasteiger partial charge in [0.2, 0.25) is 0 Å². The highest BCUT2D eigenvalue weighted by atomic mass is 79.9. The third-order valence-electron chi connectivity index (χ3n) is 2.38. The lowest BCUT2D eigenvalue weighted by molar-refractivity contribution is 0.410. The number of methoxy groups -OCH3 is 1. The smallest absolute Gasteiger partial charge is 0.148 e. The van der Waals surface area contributed by atoms with Crippen molar-refractivity contribution in [2.24, 2.45) is 5.73 Å². The molecule has 0 saturated heterocycles. The lowest BCUT2D eigenvalue weighted by Gasteiger charge is -2.08. The molecule has 0 spiro atoms. The molecule has 0 radical (unpaired) electrons. The van der Waals surface area contributed by atoms with Crippen LogP contribution < -0.4 is 10.5 Å². The largest absolute Gasteiger partial charge is 0.496 e. The van der Waals surface area contributed by atoms with Crippen molar-refractivity contribution >= 4 is 15.9 Å². The summed E-state index contributed by atoms with van der Waals surface area (Å²) in [4.78, 5) is 0. The number of hydrogen-bond acceptors (Lipinski definition) is 3. The highest BCUT2D eigenvalue weighted by molar-refractivity contribution is 9.10. The molecule has 1 aromatic carbocycles. The van der Waals surface area contributed by atoms with Gasteiger partial charge >= 0.3 is 0 Å². The van der Waals surface area contributed by atoms with Gasteiger partial charge in [-0.1, -0.05) is 0 Å². The van der Waals surface area contributed by atoms with E-state index in [1.807, 2.05) is 24.3 Å². The normalized spacial score (nSPS) is 10.4. The molecule has 1 heterocycles. The SMILES string of the molecule is COc1ccc(-c2occc2Br)cc1CN. The van der Waals surface area contributed by atoms with Gasteiger partial charge in [-0.15, -0.1) is 0 Å². The minimum Gasteiger partial charge on any atom is -0.496 e. The van der Waals surface area contributed by atoms with E-state index in [1.54, 1.807) is 13.4 Å². The average molecular weight is 282 g/mol. The molecule has 3 nitrogen and oxygen atoms in total. The van der Waals surface area contributed by atoms with Crippen molar-refractivity contribution in [2.75, 3.05) is 7.11 Å². The van der Waals surface area contributed by atoms with Crippen molar-refractivity contribution in [3.8, 4) is 17.1 Å². The molecule has 0 fully saturated rings. The first-order chi connectivity index (χ1) is 7.76. The van der Waals surface area contributed by atoms with E-state index in [1.165, 1.54) is 0 Å². The summed E-state index contributed by atoms with van der Waals surface area (Å²) in [7, 11) is 1.64. The molecule has 0 bridgehead atoms. The molecule has 0 aliphatic carbocycles. The summed E-state index contributed by atoms with van der Waals surface area (Å²) < 4.78 is 11.5. The van der Waals surface area contributed by atoms with E-state index in [9.17, 15) is 0 Å². The summed E-state index contributed by atoms with van der Waals surface area (Å²) in [6, 6.07) is 7.68. The lowest BCUT2D eigenvalue weighted by Crippen LogP contribution is -1.99. The summed E-state index contributed by atoms with van der Waals surface area (Å²) in [6.07, 6.45) is 1.64. The molecular formula is C12H12BrNO2. The number of ether oxygens (including phenoxy) is 1. The molecule has 0 unspecified atom stereocenters. The first kappa shape index (κ1) is 11.2. The quantitative estimate of drug-likeness (QED) is 0.940. The molecule has 0 aliphatic rings. The van der Waals surface area contributed by atoms with Gasteiger partial charge in [-0.3, -0.25) is 0 Å². The van der Waals surface area contributed by atoms with Crippen LogP contribution in [-0.4, -0.2) is 7.11 Å². The monoisotopic (exact) mass is 281 g/mol. The van der Waals surface area contributed by atoms with E-state index >= 15 is 0 Å². The highest BCUT2D eigenvalue weighted by Gasteiger charge is 2.09. The van der Waals surface area contributed by atoms with E-state index in [0.29, 0.717) is 6.54 Å². The van der Waals surface area contributed by atoms with Crippen molar-refractivity contribution in [3.63, 3.8) is 0 Å². The molecule has 0 amide bonds. The molecule has 0 atom stereocenters. The maximum atomic E-state index is 5.66. The van der Waals surface area contributed by atoms with Crippen LogP contribution >= 0.6 is 15.9 Å². The Balaban J connectivity index is 2.48. The zero-order chi connectivity index (χ0) is 11.5. The molecule has 16 heavy (non-hydrogen) atoms. The van der Waals surface area contributed by atoms with Gasteiger partial charge in [-0.25, -0.2) is 0 Å². The van der Waals surface area contributed by atoms with Crippen LogP contribution in [0.2, 0.25) is 0 Å². The van der Waals surface area contributed by atoms with Gasteiger partial charge in [-0.2, -0.15) is 0 Å². The van der Waals surface area contributed by atoms with Crippen molar-refractivity contribution in [3.05, 3.63) is 40.6 Å². The van der Waals surface area contributed by atoms with Crippen molar-refractivity contribution < 1.29 is 9.15 Å². The fourth-order valence-corrected chi connectivity index (χ4v) is 2.01. The number of benzene rings is 1. The van der Waals surface area contributed by atoms with Crippen LogP contribution in [-0.2, 0) is 6.54 Å². The van der Waals surface area contributed by atoms with E-state index < -0.39 is 0 Å². The second-order valence-corrected chi connectivity index (χ2v) is 4.18. The second-order valence-electron chi connectivity index (χ2n) is 3.33. The van der Waals surface area contributed by atoms with Crippen LogP contribution in [0.15, 0.2) is 39.4 Å². The molecule has 1 aromatic heterocycles. The Kier molecular flexibility index (Phi) is 3.31. The van der Waals surface area contributed by atoms with E-state index in [0.717, 1.165) is 27.1 Å². The number of nitrogens with two attached hydrogens (primary N) is 1. The van der Waals surface area contributed by atoms with Crippen molar-refractivity contribution in [1.29, 1.82) is 0 Å². The van der Waals surface area contributed by atoms with Gasteiger partial charge in [0.05, 0.1) is 17.8 Å². The fraction of sp³-hybridized carbons (Fsp3) is 0.167. The van der Waals surface area contributed by atoms with Crippen LogP contribution in [0, 0.1) is 0 Å². The summed E-state index contributed by atoms with van der Waals surface area (Å²) in [5.41, 5.74) is 7.61. The highest BCUT2D eigenvalue weighted by Crippen LogP contribution is 2.32. The van der Waals surface area contributed by atoms with Crippen LogP contribution in [0.5, 0.6) is 5.75 Å². The molecule has 0 aliphatic heterocycles. The third-order valence-corrected chi connectivity index (χ3v) is 3.00. The zero-order valence-corrected chi connectivity index (χ0v) is 10.5. The van der Waals surface area contributed by atoms with Gasteiger partial charge < -0.3 is 14.9 Å². The predicted octanol–water partition coefficient (Wildman–Crippen LogP) is 3.18. The van der Waals surface area contributed by atoms with Crippen LogP contribution in [0.25, 0.3) is 11.3 Å². The molecule has 2 aromatic rings. The van der Waals surface area contributed by atoms with E-state index in [2.05, 4.69) is 15.9 Å². The summed E-state index contributed by atoms with van der Waals surface area (Å²) in [5.74, 6) is 1.60. The van der Waals surface area contributed by atoms with Crippen molar-refractivity contribution in [1.82, 2.24) is 0 Å². The van der Waals surface area contributed by atoms with Crippen molar-refractivity contribution in [2.45, 2.75) is 6.54 Å². The summed E-state index contributed by atoms with van der Waals surface area (Å²) in [6.45, 7) is 0.440. The predicted molar refractivity (Wildman–Crippen MR) is 66.3 cm³/mol. The number of furan rings is 1. The van der Waals surface area contributed by atoms with Gasteiger partial charge in [0.25, 0.3) is 0 Å². The van der Waals surface area contributed by atoms with Gasteiger partial charge in [-0.05, 0) is 40.2 Å². The maximum Gasteiger partial charge on any atom is 0.148 e. The van der Waals surface area contributed by atoms with Gasteiger partial charge in [0, 0.05) is 17.7 Å². The fourth-order valence-electron chi connectivity index (χ4n) is 1.58. The van der Waals surface area contributed by atoms with E-state index in [-0.39, 0.29) is 0 Å². The summed E-state index contributed by atoms with van der Waals surface area (Å²) >= 11 is 3.43. The Labute approximate surface area is 102 Å². The Morgan fingerprint density at radius 3 is 2.75 bits per heavy atom. The minimum atomic E-state index is 0.440. The Hall–Kier alpha value is -1.26. The van der Waals surface area contributed by atoms with Crippen LogP contribution in [0.1, 0.15) is 5.56 Å². The molecule has 0 saturated carbocycles. The molecule has 2 N–H and O–H groups in total.